The molecule has 0 spiro atoms. The van der Waals surface area contributed by atoms with Gasteiger partial charge >= 0.3 is 0 Å². The number of benzene rings is 3. The van der Waals surface area contributed by atoms with Crippen LogP contribution in [0.2, 0.25) is 0 Å². The second-order valence-corrected chi connectivity index (χ2v) is 9.70. The highest BCUT2D eigenvalue weighted by atomic mass is 32.2. The molecule has 178 valence electrons. The van der Waals surface area contributed by atoms with Crippen molar-refractivity contribution in [1.82, 2.24) is 30.0 Å². The van der Waals surface area contributed by atoms with Gasteiger partial charge < -0.3 is 4.90 Å². The van der Waals surface area contributed by atoms with E-state index in [4.69, 9.17) is 0 Å². The van der Waals surface area contributed by atoms with Crippen molar-refractivity contribution in [3.8, 4) is 5.69 Å². The molecule has 0 bridgehead atoms. The molecule has 7 nitrogen and oxygen atoms in total. The lowest BCUT2D eigenvalue weighted by Gasteiger charge is -2.35. The van der Waals surface area contributed by atoms with Crippen LogP contribution in [0.1, 0.15) is 27.3 Å². The average molecular weight is 485 g/mol. The molecule has 0 unspecified atom stereocenters. The first kappa shape index (κ1) is 23.3. The zero-order valence-electron chi connectivity index (χ0n) is 19.7. The molecule has 1 aliphatic rings. The van der Waals surface area contributed by atoms with Gasteiger partial charge in [0.15, 0.2) is 5.82 Å². The van der Waals surface area contributed by atoms with E-state index >= 15 is 0 Å². The Bertz CT molecular complexity index is 1280. The largest absolute Gasteiger partial charge is 0.336 e. The summed E-state index contributed by atoms with van der Waals surface area (Å²) < 4.78 is 1.74. The molecule has 0 atom stereocenters. The number of hydrogen-bond donors (Lipinski definition) is 0. The Morgan fingerprint density at radius 1 is 0.914 bits per heavy atom. The Hall–Kier alpha value is -3.49. The van der Waals surface area contributed by atoms with Gasteiger partial charge in [0.2, 0.25) is 0 Å². The van der Waals surface area contributed by atoms with Crippen molar-refractivity contribution in [3.05, 3.63) is 101 Å². The fourth-order valence-electron chi connectivity index (χ4n) is 4.33. The SMILES string of the molecule is Cc1cccc(CN2CCN(C(=O)c3ccccc3SCc3nnnn3-c3ccccc3)CC2)c1. The maximum absolute atomic E-state index is 13.4. The minimum Gasteiger partial charge on any atom is -0.336 e. The summed E-state index contributed by atoms with van der Waals surface area (Å²) in [5.41, 5.74) is 4.26. The number of hydrogen-bond acceptors (Lipinski definition) is 6. The molecule has 1 aliphatic heterocycles. The van der Waals surface area contributed by atoms with Crippen LogP contribution in [-0.4, -0.2) is 62.1 Å². The van der Waals surface area contributed by atoms with Gasteiger partial charge in [-0.1, -0.05) is 60.2 Å². The average Bonchev–Trinajstić information content (AvgIpc) is 3.37. The van der Waals surface area contributed by atoms with Gasteiger partial charge in [-0.2, -0.15) is 4.68 Å². The van der Waals surface area contributed by atoms with Crippen molar-refractivity contribution in [2.24, 2.45) is 0 Å². The van der Waals surface area contributed by atoms with Crippen LogP contribution in [0, 0.1) is 6.92 Å². The number of aromatic nitrogens is 4. The van der Waals surface area contributed by atoms with Crippen LogP contribution < -0.4 is 0 Å². The van der Waals surface area contributed by atoms with Gasteiger partial charge in [0.1, 0.15) is 0 Å². The van der Waals surface area contributed by atoms with Gasteiger partial charge in [0.05, 0.1) is 17.0 Å². The van der Waals surface area contributed by atoms with E-state index in [-0.39, 0.29) is 5.91 Å². The van der Waals surface area contributed by atoms with Gasteiger partial charge in [0.25, 0.3) is 5.91 Å². The maximum atomic E-state index is 13.4. The number of para-hydroxylation sites is 1. The summed E-state index contributed by atoms with van der Waals surface area (Å²) in [6.45, 7) is 6.26. The fraction of sp³-hybridized carbons (Fsp3) is 0.259. The van der Waals surface area contributed by atoms with Crippen molar-refractivity contribution >= 4 is 17.7 Å². The minimum atomic E-state index is 0.0888. The number of tetrazole rings is 1. The molecule has 5 rings (SSSR count). The Morgan fingerprint density at radius 3 is 2.49 bits per heavy atom. The van der Waals surface area contributed by atoms with Gasteiger partial charge in [0, 0.05) is 37.6 Å². The number of carbonyl (C=O) groups excluding carboxylic acids is 1. The molecule has 4 aromatic rings. The predicted octanol–water partition coefficient (Wildman–Crippen LogP) is 4.22. The Morgan fingerprint density at radius 2 is 1.69 bits per heavy atom. The summed E-state index contributed by atoms with van der Waals surface area (Å²) in [4.78, 5) is 18.8. The van der Waals surface area contributed by atoms with Crippen LogP contribution in [0.4, 0.5) is 0 Å². The second-order valence-electron chi connectivity index (χ2n) is 8.68. The molecule has 1 amide bonds. The number of amides is 1. The molecule has 0 N–H and O–H groups in total. The highest BCUT2D eigenvalue weighted by Gasteiger charge is 2.24. The molecule has 1 fully saturated rings. The number of aryl methyl sites for hydroxylation is 1. The van der Waals surface area contributed by atoms with Gasteiger partial charge in [-0.15, -0.1) is 16.9 Å². The van der Waals surface area contributed by atoms with Crippen molar-refractivity contribution in [2.75, 3.05) is 26.2 Å². The molecule has 35 heavy (non-hydrogen) atoms. The quantitative estimate of drug-likeness (QED) is 0.366. The normalized spacial score (nSPS) is 14.3. The number of rotatable bonds is 7. The zero-order chi connectivity index (χ0) is 24.0. The van der Waals surface area contributed by atoms with Crippen molar-refractivity contribution < 1.29 is 4.79 Å². The van der Waals surface area contributed by atoms with E-state index < -0.39 is 0 Å². The van der Waals surface area contributed by atoms with Crippen molar-refractivity contribution in [2.45, 2.75) is 24.1 Å². The minimum absolute atomic E-state index is 0.0888. The molecule has 0 radical (unpaired) electrons. The van der Waals surface area contributed by atoms with Crippen molar-refractivity contribution in [1.29, 1.82) is 0 Å². The third kappa shape index (κ3) is 5.61. The molecule has 2 heterocycles. The standard InChI is InChI=1S/C27H28N6OS/c1-21-8-7-9-22(18-21)19-31-14-16-32(17-15-31)27(34)24-12-5-6-13-25(24)35-20-26-28-29-30-33(26)23-10-3-2-4-11-23/h2-13,18H,14-17,19-20H2,1H3. The van der Waals surface area contributed by atoms with E-state index in [1.165, 1.54) is 11.1 Å². The number of piperazine rings is 1. The summed E-state index contributed by atoms with van der Waals surface area (Å²) in [7, 11) is 0. The first-order valence-corrected chi connectivity index (χ1v) is 12.8. The predicted molar refractivity (Wildman–Crippen MR) is 138 cm³/mol. The summed E-state index contributed by atoms with van der Waals surface area (Å²) >= 11 is 1.59. The van der Waals surface area contributed by atoms with E-state index in [9.17, 15) is 4.79 Å². The van der Waals surface area contributed by atoms with Crippen LogP contribution >= 0.6 is 11.8 Å². The summed E-state index contributed by atoms with van der Waals surface area (Å²) in [5, 5.41) is 12.2. The molecule has 0 aliphatic carbocycles. The van der Waals surface area contributed by atoms with E-state index in [2.05, 4.69) is 51.6 Å². The Balaban J connectivity index is 1.22. The zero-order valence-corrected chi connectivity index (χ0v) is 20.6. The first-order valence-electron chi connectivity index (χ1n) is 11.8. The molecule has 1 saturated heterocycles. The smallest absolute Gasteiger partial charge is 0.255 e. The molecular formula is C27H28N6OS. The van der Waals surface area contributed by atoms with Crippen molar-refractivity contribution in [3.63, 3.8) is 0 Å². The van der Waals surface area contributed by atoms with E-state index in [0.717, 1.165) is 54.7 Å². The number of nitrogens with zero attached hydrogens (tertiary/aromatic N) is 6. The Labute approximate surface area is 209 Å². The van der Waals surface area contributed by atoms with Gasteiger partial charge in [-0.25, -0.2) is 0 Å². The van der Waals surface area contributed by atoms with Gasteiger partial charge in [-0.3, -0.25) is 9.69 Å². The lowest BCUT2D eigenvalue weighted by molar-refractivity contribution is 0.0625. The topological polar surface area (TPSA) is 67.2 Å². The molecular weight excluding hydrogens is 456 g/mol. The van der Waals surface area contributed by atoms with Gasteiger partial charge in [-0.05, 0) is 47.2 Å². The molecule has 3 aromatic carbocycles. The summed E-state index contributed by atoms with van der Waals surface area (Å²) in [5.74, 6) is 1.40. The van der Waals surface area contributed by atoms with E-state index in [0.29, 0.717) is 5.75 Å². The van der Waals surface area contributed by atoms with Crippen LogP contribution in [0.25, 0.3) is 5.69 Å². The highest BCUT2D eigenvalue weighted by molar-refractivity contribution is 7.98. The van der Waals surface area contributed by atoms with Crippen LogP contribution in [0.5, 0.6) is 0 Å². The van der Waals surface area contributed by atoms with Crippen LogP contribution in [0.15, 0.2) is 83.8 Å². The monoisotopic (exact) mass is 484 g/mol. The van der Waals surface area contributed by atoms with Crippen LogP contribution in [-0.2, 0) is 12.3 Å². The van der Waals surface area contributed by atoms with E-state index in [1.807, 2.05) is 59.5 Å². The molecule has 8 heteroatoms. The highest BCUT2D eigenvalue weighted by Crippen LogP contribution is 2.27. The Kier molecular flexibility index (Phi) is 7.20. The van der Waals surface area contributed by atoms with E-state index in [1.54, 1.807) is 16.4 Å². The first-order chi connectivity index (χ1) is 17.2. The van der Waals surface area contributed by atoms with Crippen LogP contribution in [0.3, 0.4) is 0 Å². The number of carbonyl (C=O) groups is 1. The molecule has 1 aromatic heterocycles. The maximum Gasteiger partial charge on any atom is 0.255 e. The lowest BCUT2D eigenvalue weighted by Crippen LogP contribution is -2.48. The summed E-state index contributed by atoms with van der Waals surface area (Å²) in [6.07, 6.45) is 0. The fourth-order valence-corrected chi connectivity index (χ4v) is 5.28. The molecule has 0 saturated carbocycles. The third-order valence-electron chi connectivity index (χ3n) is 6.16. The number of thioether (sulfide) groups is 1. The third-order valence-corrected chi connectivity index (χ3v) is 7.23. The lowest BCUT2D eigenvalue weighted by atomic mass is 10.1. The summed E-state index contributed by atoms with van der Waals surface area (Å²) in [6, 6.07) is 26.3. The second kappa shape index (κ2) is 10.8.